The molecule has 0 aromatic heterocycles. The van der Waals surface area contributed by atoms with Gasteiger partial charge in [0.25, 0.3) is 12.3 Å². The molecule has 1 heterocycles. The molecular formula is C19H14ClF3N4O2. The van der Waals surface area contributed by atoms with E-state index in [4.69, 9.17) is 16.3 Å². The minimum absolute atomic E-state index is 0.0133. The number of hydrogen-bond acceptors (Lipinski definition) is 5. The van der Waals surface area contributed by atoms with E-state index >= 15 is 4.39 Å². The van der Waals surface area contributed by atoms with Crippen LogP contribution in [0.5, 0.6) is 11.5 Å². The zero-order valence-corrected chi connectivity index (χ0v) is 15.7. The fourth-order valence-electron chi connectivity index (χ4n) is 2.61. The Labute approximate surface area is 168 Å². The SMILES string of the molecule is C[C@H]1N=C(Cc2ccc(Cl)c(Oc3ccc(C(F)F)cc3C#N)c2F)NNC1=O. The molecule has 2 aromatic carbocycles. The van der Waals surface area contributed by atoms with E-state index in [2.05, 4.69) is 15.8 Å². The number of amidine groups is 1. The number of carbonyl (C=O) groups excluding carboxylic acids is 1. The van der Waals surface area contributed by atoms with Gasteiger partial charge < -0.3 is 4.74 Å². The lowest BCUT2D eigenvalue weighted by atomic mass is 10.1. The van der Waals surface area contributed by atoms with E-state index in [1.54, 1.807) is 13.0 Å². The van der Waals surface area contributed by atoms with Crippen LogP contribution in [0.15, 0.2) is 35.3 Å². The maximum absolute atomic E-state index is 15.0. The Morgan fingerprint density at radius 1 is 1.31 bits per heavy atom. The first-order valence-corrected chi connectivity index (χ1v) is 8.77. The van der Waals surface area contributed by atoms with E-state index in [9.17, 15) is 18.8 Å². The smallest absolute Gasteiger partial charge is 0.263 e. The van der Waals surface area contributed by atoms with Gasteiger partial charge in [-0.2, -0.15) is 5.26 Å². The number of nitrogens with zero attached hydrogens (tertiary/aromatic N) is 2. The normalized spacial score (nSPS) is 16.0. The number of rotatable bonds is 5. The molecule has 0 spiro atoms. The molecule has 2 N–H and O–H groups in total. The number of hydrazine groups is 1. The molecule has 0 unspecified atom stereocenters. The molecule has 29 heavy (non-hydrogen) atoms. The number of ether oxygens (including phenoxy) is 1. The van der Waals surface area contributed by atoms with Gasteiger partial charge >= 0.3 is 0 Å². The van der Waals surface area contributed by atoms with E-state index in [0.29, 0.717) is 5.84 Å². The van der Waals surface area contributed by atoms with Crippen molar-refractivity contribution in [2.75, 3.05) is 0 Å². The lowest BCUT2D eigenvalue weighted by molar-refractivity contribution is -0.122. The highest BCUT2D eigenvalue weighted by Gasteiger charge is 2.22. The fourth-order valence-corrected chi connectivity index (χ4v) is 2.79. The third-order valence-electron chi connectivity index (χ3n) is 4.13. The first-order chi connectivity index (χ1) is 13.8. The summed E-state index contributed by atoms with van der Waals surface area (Å²) < 4.78 is 46.1. The van der Waals surface area contributed by atoms with Crippen LogP contribution >= 0.6 is 11.6 Å². The molecule has 6 nitrogen and oxygen atoms in total. The first-order valence-electron chi connectivity index (χ1n) is 8.39. The van der Waals surface area contributed by atoms with Gasteiger partial charge in [0.15, 0.2) is 11.6 Å². The molecule has 150 valence electrons. The van der Waals surface area contributed by atoms with E-state index in [1.165, 1.54) is 12.1 Å². The molecule has 0 fully saturated rings. The van der Waals surface area contributed by atoms with Gasteiger partial charge in [0.1, 0.15) is 23.7 Å². The lowest BCUT2D eigenvalue weighted by Gasteiger charge is -2.20. The molecule has 2 aromatic rings. The number of hydrogen-bond donors (Lipinski definition) is 2. The van der Waals surface area contributed by atoms with Gasteiger partial charge in [-0.25, -0.2) is 13.2 Å². The van der Waals surface area contributed by atoms with Crippen LogP contribution < -0.4 is 15.6 Å². The van der Waals surface area contributed by atoms with Gasteiger partial charge in [-0.05, 0) is 36.8 Å². The minimum atomic E-state index is -2.76. The first kappa shape index (κ1) is 20.5. The summed E-state index contributed by atoms with van der Waals surface area (Å²) in [5.41, 5.74) is 4.64. The highest BCUT2D eigenvalue weighted by atomic mass is 35.5. The second-order valence-corrected chi connectivity index (χ2v) is 6.57. The summed E-state index contributed by atoms with van der Waals surface area (Å²) in [6.45, 7) is 1.59. The van der Waals surface area contributed by atoms with Crippen molar-refractivity contribution < 1.29 is 22.7 Å². The molecule has 1 aliphatic rings. The van der Waals surface area contributed by atoms with Crippen LogP contribution in [-0.4, -0.2) is 17.8 Å². The second-order valence-electron chi connectivity index (χ2n) is 6.16. The summed E-state index contributed by atoms with van der Waals surface area (Å²) in [6, 6.07) is 7.18. The molecule has 10 heteroatoms. The van der Waals surface area contributed by atoms with Gasteiger partial charge in [0.05, 0.1) is 10.6 Å². The van der Waals surface area contributed by atoms with E-state index < -0.39 is 18.3 Å². The van der Waals surface area contributed by atoms with Crippen molar-refractivity contribution in [1.82, 2.24) is 10.9 Å². The Morgan fingerprint density at radius 3 is 2.72 bits per heavy atom. The van der Waals surface area contributed by atoms with Crippen molar-refractivity contribution in [1.29, 1.82) is 5.26 Å². The van der Waals surface area contributed by atoms with Gasteiger partial charge in [-0.1, -0.05) is 17.7 Å². The Morgan fingerprint density at radius 2 is 2.07 bits per heavy atom. The number of carbonyl (C=O) groups is 1. The van der Waals surface area contributed by atoms with Crippen molar-refractivity contribution in [2.24, 2.45) is 4.99 Å². The molecule has 1 atom stereocenters. The van der Waals surface area contributed by atoms with E-state index in [0.717, 1.165) is 18.2 Å². The molecule has 3 rings (SSSR count). The maximum atomic E-state index is 15.0. The molecule has 0 bridgehead atoms. The van der Waals surface area contributed by atoms with E-state index in [-0.39, 0.29) is 45.5 Å². The van der Waals surface area contributed by atoms with Gasteiger partial charge in [-0.15, -0.1) is 0 Å². The summed E-state index contributed by atoms with van der Waals surface area (Å²) in [6.07, 6.45) is -2.74. The molecular weight excluding hydrogens is 409 g/mol. The average Bonchev–Trinajstić information content (AvgIpc) is 2.70. The van der Waals surface area contributed by atoms with E-state index in [1.807, 2.05) is 0 Å². The van der Waals surface area contributed by atoms with Gasteiger partial charge in [0, 0.05) is 12.0 Å². The monoisotopic (exact) mass is 422 g/mol. The number of benzene rings is 2. The minimum Gasteiger partial charge on any atom is -0.451 e. The third-order valence-corrected chi connectivity index (χ3v) is 4.43. The van der Waals surface area contributed by atoms with Crippen LogP contribution in [-0.2, 0) is 11.2 Å². The zero-order chi connectivity index (χ0) is 21.1. The molecule has 0 saturated carbocycles. The molecule has 1 aliphatic heterocycles. The van der Waals surface area contributed by atoms with Crippen LogP contribution in [0.3, 0.4) is 0 Å². The quantitative estimate of drug-likeness (QED) is 0.761. The lowest BCUT2D eigenvalue weighted by Crippen LogP contribution is -2.50. The highest BCUT2D eigenvalue weighted by Crippen LogP contribution is 2.36. The predicted molar refractivity (Wildman–Crippen MR) is 99.5 cm³/mol. The number of amides is 1. The number of alkyl halides is 2. The van der Waals surface area contributed by atoms with Crippen LogP contribution in [0.25, 0.3) is 0 Å². The Balaban J connectivity index is 1.91. The fraction of sp³-hybridized carbons (Fsp3) is 0.211. The van der Waals surface area contributed by atoms with Gasteiger partial charge in [0.2, 0.25) is 0 Å². The van der Waals surface area contributed by atoms with Crippen LogP contribution in [0.1, 0.15) is 30.0 Å². The number of aliphatic imine (C=N–C) groups is 1. The van der Waals surface area contributed by atoms with Crippen LogP contribution in [0.2, 0.25) is 5.02 Å². The van der Waals surface area contributed by atoms with Crippen molar-refractivity contribution in [2.45, 2.75) is 25.8 Å². The summed E-state index contributed by atoms with van der Waals surface area (Å²) in [4.78, 5) is 15.6. The zero-order valence-electron chi connectivity index (χ0n) is 15.0. The maximum Gasteiger partial charge on any atom is 0.263 e. The summed E-state index contributed by atoms with van der Waals surface area (Å²) >= 11 is 6.04. The Bertz CT molecular complexity index is 1040. The highest BCUT2D eigenvalue weighted by molar-refractivity contribution is 6.32. The van der Waals surface area contributed by atoms with Crippen LogP contribution in [0.4, 0.5) is 13.2 Å². The standard InChI is InChI=1S/C19H14ClF3N4O2/c1-9-19(28)27-26-15(25-9)7-10-2-4-13(20)17(16(10)21)29-14-5-3-11(18(22)23)6-12(14)8-24/h2-6,9,18H,7H2,1H3,(H,25,26)(H,27,28)/t9-/m1/s1. The topological polar surface area (TPSA) is 86.5 Å². The molecule has 0 radical (unpaired) electrons. The predicted octanol–water partition coefficient (Wildman–Crippen LogP) is 4.04. The number of halogens is 4. The van der Waals surface area contributed by atoms with Crippen molar-refractivity contribution in [3.63, 3.8) is 0 Å². The van der Waals surface area contributed by atoms with Crippen molar-refractivity contribution in [3.8, 4) is 17.6 Å². The van der Waals surface area contributed by atoms with Crippen molar-refractivity contribution >= 4 is 23.3 Å². The third kappa shape index (κ3) is 4.43. The van der Waals surface area contributed by atoms with Gasteiger partial charge in [-0.3, -0.25) is 20.6 Å². The Kier molecular flexibility index (Phi) is 5.94. The average molecular weight is 423 g/mol. The second kappa shape index (κ2) is 8.41. The van der Waals surface area contributed by atoms with Crippen LogP contribution in [0, 0.1) is 17.1 Å². The molecule has 0 aliphatic carbocycles. The summed E-state index contributed by atoms with van der Waals surface area (Å²) in [5, 5.41) is 9.14. The summed E-state index contributed by atoms with van der Waals surface area (Å²) in [7, 11) is 0. The molecule has 0 saturated heterocycles. The largest absolute Gasteiger partial charge is 0.451 e. The number of nitrogens with one attached hydrogen (secondary N) is 2. The summed E-state index contributed by atoms with van der Waals surface area (Å²) in [5.74, 6) is -1.23. The number of nitriles is 1. The molecule has 1 amide bonds. The van der Waals surface area contributed by atoms with Crippen molar-refractivity contribution in [3.05, 3.63) is 57.9 Å². The Hall–Kier alpha value is -3.25.